The number of carbonyl (C=O) groups is 1. The monoisotopic (exact) mass is 298 g/mol. The molecule has 3 atom stereocenters. The Morgan fingerprint density at radius 3 is 2.65 bits per heavy atom. The first kappa shape index (κ1) is 15.2. The lowest BCUT2D eigenvalue weighted by atomic mass is 10.0. The van der Waals surface area contributed by atoms with E-state index in [0.717, 1.165) is 12.8 Å². The van der Waals surface area contributed by atoms with Gasteiger partial charge in [-0.25, -0.2) is 0 Å². The SMILES string of the molecule is O=C(O)C(CP(=O)(O)CC1CCCO1)c1ccccc1. The molecule has 1 fully saturated rings. The Morgan fingerprint density at radius 2 is 2.10 bits per heavy atom. The van der Waals surface area contributed by atoms with Gasteiger partial charge in [-0.3, -0.25) is 9.36 Å². The molecule has 6 heteroatoms. The van der Waals surface area contributed by atoms with Crippen LogP contribution < -0.4 is 0 Å². The molecule has 0 amide bonds. The first-order valence-electron chi connectivity index (χ1n) is 6.68. The minimum Gasteiger partial charge on any atom is -0.481 e. The standard InChI is InChI=1S/C14H19O5P/c15-14(16)13(11-5-2-1-3-6-11)10-20(17,18)9-12-7-4-8-19-12/h1-3,5-6,12-13H,4,7-10H2,(H,15,16)(H,17,18). The maximum absolute atomic E-state index is 12.3. The second-order valence-electron chi connectivity index (χ2n) is 5.15. The van der Waals surface area contributed by atoms with Crippen LogP contribution in [0.25, 0.3) is 0 Å². The number of benzene rings is 1. The molecule has 2 N–H and O–H groups in total. The van der Waals surface area contributed by atoms with Crippen molar-refractivity contribution >= 4 is 13.3 Å². The minimum absolute atomic E-state index is 0.0453. The summed E-state index contributed by atoms with van der Waals surface area (Å²) in [4.78, 5) is 21.4. The van der Waals surface area contributed by atoms with Crippen LogP contribution in [0, 0.1) is 0 Å². The van der Waals surface area contributed by atoms with Gasteiger partial charge >= 0.3 is 5.97 Å². The lowest BCUT2D eigenvalue weighted by Crippen LogP contribution is -2.20. The molecular formula is C14H19O5P. The highest BCUT2D eigenvalue weighted by molar-refractivity contribution is 7.58. The lowest BCUT2D eigenvalue weighted by molar-refractivity contribution is -0.138. The van der Waals surface area contributed by atoms with E-state index >= 15 is 0 Å². The average Bonchev–Trinajstić information content (AvgIpc) is 2.89. The Labute approximate surface area is 118 Å². The van der Waals surface area contributed by atoms with Crippen molar-refractivity contribution in [3.8, 4) is 0 Å². The van der Waals surface area contributed by atoms with Crippen molar-refractivity contribution in [1.29, 1.82) is 0 Å². The number of rotatable bonds is 6. The third-order valence-corrected chi connectivity index (χ3v) is 5.39. The van der Waals surface area contributed by atoms with E-state index in [1.165, 1.54) is 0 Å². The zero-order valence-electron chi connectivity index (χ0n) is 11.1. The predicted octanol–water partition coefficient (Wildman–Crippen LogP) is 2.30. The smallest absolute Gasteiger partial charge is 0.311 e. The number of ether oxygens (including phenoxy) is 1. The maximum atomic E-state index is 12.3. The fraction of sp³-hybridized carbons (Fsp3) is 0.500. The maximum Gasteiger partial charge on any atom is 0.311 e. The van der Waals surface area contributed by atoms with Gasteiger partial charge in [0.25, 0.3) is 0 Å². The van der Waals surface area contributed by atoms with E-state index in [0.29, 0.717) is 12.2 Å². The van der Waals surface area contributed by atoms with Gasteiger partial charge in [-0.2, -0.15) is 0 Å². The van der Waals surface area contributed by atoms with Gasteiger partial charge in [0, 0.05) is 12.8 Å². The summed E-state index contributed by atoms with van der Waals surface area (Å²) in [6.07, 6.45) is 1.26. The first-order chi connectivity index (χ1) is 9.48. The predicted molar refractivity (Wildman–Crippen MR) is 75.4 cm³/mol. The van der Waals surface area contributed by atoms with Gasteiger partial charge in [0.05, 0.1) is 18.2 Å². The molecule has 1 aliphatic heterocycles. The zero-order chi connectivity index (χ0) is 14.6. The van der Waals surface area contributed by atoms with Crippen molar-refractivity contribution in [3.63, 3.8) is 0 Å². The number of hydrogen-bond donors (Lipinski definition) is 2. The molecule has 2 rings (SSSR count). The summed E-state index contributed by atoms with van der Waals surface area (Å²) >= 11 is 0. The van der Waals surface area contributed by atoms with Gasteiger partial charge in [-0.15, -0.1) is 0 Å². The summed E-state index contributed by atoms with van der Waals surface area (Å²) in [5.41, 5.74) is 0.557. The molecule has 5 nitrogen and oxygen atoms in total. The Balaban J connectivity index is 2.07. The van der Waals surface area contributed by atoms with E-state index in [1.54, 1.807) is 30.3 Å². The normalized spacial score (nSPS) is 23.1. The van der Waals surface area contributed by atoms with Crippen LogP contribution in [-0.4, -0.2) is 41.0 Å². The molecule has 3 unspecified atom stereocenters. The second kappa shape index (κ2) is 6.53. The molecule has 0 saturated carbocycles. The molecule has 1 aromatic carbocycles. The Hall–Kier alpha value is -1.16. The third kappa shape index (κ3) is 4.17. The number of carboxylic acid groups (broad SMARTS) is 1. The van der Waals surface area contributed by atoms with E-state index in [4.69, 9.17) is 4.74 Å². The van der Waals surface area contributed by atoms with Gasteiger partial charge in [0.2, 0.25) is 7.37 Å². The molecule has 0 aliphatic carbocycles. The van der Waals surface area contributed by atoms with Crippen LogP contribution in [0.2, 0.25) is 0 Å². The highest BCUT2D eigenvalue weighted by atomic mass is 31.2. The van der Waals surface area contributed by atoms with Crippen molar-refractivity contribution in [2.24, 2.45) is 0 Å². The van der Waals surface area contributed by atoms with Gasteiger partial charge in [0.15, 0.2) is 0 Å². The van der Waals surface area contributed by atoms with Crippen LogP contribution in [-0.2, 0) is 14.1 Å². The van der Waals surface area contributed by atoms with Crippen molar-refractivity contribution in [2.75, 3.05) is 18.9 Å². The Kier molecular flexibility index (Phi) is 4.97. The van der Waals surface area contributed by atoms with Crippen LogP contribution in [0.4, 0.5) is 0 Å². The molecule has 0 aromatic heterocycles. The summed E-state index contributed by atoms with van der Waals surface area (Å²) in [7, 11) is -3.52. The molecule has 1 heterocycles. The van der Waals surface area contributed by atoms with Gasteiger partial charge in [-0.1, -0.05) is 30.3 Å². The summed E-state index contributed by atoms with van der Waals surface area (Å²) in [5.74, 6) is -2.02. The summed E-state index contributed by atoms with van der Waals surface area (Å²) in [5, 5.41) is 9.29. The topological polar surface area (TPSA) is 83.8 Å². The Bertz CT molecular complexity index is 496. The first-order valence-corrected chi connectivity index (χ1v) is 8.71. The highest BCUT2D eigenvalue weighted by Gasteiger charge is 2.33. The largest absolute Gasteiger partial charge is 0.481 e. The molecule has 110 valence electrons. The van der Waals surface area contributed by atoms with Crippen LogP contribution in [0.3, 0.4) is 0 Å². The van der Waals surface area contributed by atoms with Gasteiger partial charge < -0.3 is 14.7 Å². The third-order valence-electron chi connectivity index (χ3n) is 3.48. The summed E-state index contributed by atoms with van der Waals surface area (Å²) in [6.45, 7) is 0.617. The van der Waals surface area contributed by atoms with Gasteiger partial charge in [-0.05, 0) is 18.4 Å². The van der Waals surface area contributed by atoms with Crippen LogP contribution >= 0.6 is 7.37 Å². The molecular weight excluding hydrogens is 279 g/mol. The molecule has 1 aliphatic rings. The quantitative estimate of drug-likeness (QED) is 0.787. The average molecular weight is 298 g/mol. The van der Waals surface area contributed by atoms with Crippen molar-refractivity contribution < 1.29 is 24.1 Å². The second-order valence-corrected chi connectivity index (χ2v) is 7.57. The number of hydrogen-bond acceptors (Lipinski definition) is 3. The van der Waals surface area contributed by atoms with Crippen LogP contribution in [0.15, 0.2) is 30.3 Å². The minimum atomic E-state index is -3.52. The summed E-state index contributed by atoms with van der Waals surface area (Å²) in [6, 6.07) is 8.59. The van der Waals surface area contributed by atoms with Crippen molar-refractivity contribution in [2.45, 2.75) is 24.9 Å². The van der Waals surface area contributed by atoms with Crippen LogP contribution in [0.1, 0.15) is 24.3 Å². The van der Waals surface area contributed by atoms with E-state index in [-0.39, 0.29) is 18.4 Å². The molecule has 20 heavy (non-hydrogen) atoms. The van der Waals surface area contributed by atoms with E-state index in [1.807, 2.05) is 0 Å². The van der Waals surface area contributed by atoms with Gasteiger partial charge in [0.1, 0.15) is 0 Å². The fourth-order valence-corrected chi connectivity index (χ4v) is 4.49. The Morgan fingerprint density at radius 1 is 1.40 bits per heavy atom. The molecule has 0 radical (unpaired) electrons. The number of carboxylic acids is 1. The van der Waals surface area contributed by atoms with E-state index < -0.39 is 19.3 Å². The molecule has 1 aromatic rings. The highest BCUT2D eigenvalue weighted by Crippen LogP contribution is 2.46. The fourth-order valence-electron chi connectivity index (χ4n) is 2.48. The molecule has 1 saturated heterocycles. The van der Waals surface area contributed by atoms with Crippen molar-refractivity contribution in [3.05, 3.63) is 35.9 Å². The van der Waals surface area contributed by atoms with E-state index in [9.17, 15) is 19.4 Å². The van der Waals surface area contributed by atoms with Crippen LogP contribution in [0.5, 0.6) is 0 Å². The lowest BCUT2D eigenvalue weighted by Gasteiger charge is -2.20. The molecule has 0 spiro atoms. The summed E-state index contributed by atoms with van der Waals surface area (Å²) < 4.78 is 17.6. The van der Waals surface area contributed by atoms with E-state index in [2.05, 4.69) is 0 Å². The van der Waals surface area contributed by atoms with Crippen molar-refractivity contribution in [1.82, 2.24) is 0 Å². The number of aliphatic carboxylic acids is 1. The molecule has 0 bridgehead atoms. The zero-order valence-corrected chi connectivity index (χ0v) is 12.0.